The first-order valence-corrected chi connectivity index (χ1v) is 9.81. The van der Waals surface area contributed by atoms with Gasteiger partial charge in [0.05, 0.1) is 11.8 Å². The number of esters is 1. The van der Waals surface area contributed by atoms with E-state index in [9.17, 15) is 19.2 Å². The zero-order valence-corrected chi connectivity index (χ0v) is 17.1. The van der Waals surface area contributed by atoms with Gasteiger partial charge in [-0.15, -0.1) is 0 Å². The molecule has 1 aromatic carbocycles. The molecule has 1 fully saturated rings. The topological polar surface area (TPSA) is 92.8 Å². The van der Waals surface area contributed by atoms with Gasteiger partial charge in [-0.05, 0) is 51.7 Å². The highest BCUT2D eigenvalue weighted by molar-refractivity contribution is 6.08. The van der Waals surface area contributed by atoms with Crippen molar-refractivity contribution in [2.24, 2.45) is 11.8 Å². The predicted octanol–water partition coefficient (Wildman–Crippen LogP) is 2.51. The van der Waals surface area contributed by atoms with E-state index in [4.69, 9.17) is 4.74 Å². The van der Waals surface area contributed by atoms with Gasteiger partial charge in [0.15, 0.2) is 6.10 Å². The number of hydrogen-bond acceptors (Lipinski definition) is 5. The number of carbonyl (C=O) groups is 4. The van der Waals surface area contributed by atoms with E-state index in [2.05, 4.69) is 5.32 Å². The minimum Gasteiger partial charge on any atom is -0.451 e. The van der Waals surface area contributed by atoms with E-state index in [1.807, 2.05) is 44.2 Å². The third kappa shape index (κ3) is 3.95. The number of imide groups is 1. The Balaban J connectivity index is 1.64. The Kier molecular flexibility index (Phi) is 5.86. The molecule has 0 unspecified atom stereocenters. The van der Waals surface area contributed by atoms with Gasteiger partial charge in [0.25, 0.3) is 5.91 Å². The van der Waals surface area contributed by atoms with Crippen molar-refractivity contribution in [1.82, 2.24) is 4.90 Å². The summed E-state index contributed by atoms with van der Waals surface area (Å²) in [4.78, 5) is 51.3. The molecule has 1 saturated heterocycles. The summed E-state index contributed by atoms with van der Waals surface area (Å²) < 4.78 is 5.28. The molecule has 1 aliphatic carbocycles. The van der Waals surface area contributed by atoms with Crippen LogP contribution in [-0.2, 0) is 23.9 Å². The molecule has 1 heterocycles. The average molecular weight is 398 g/mol. The first-order valence-electron chi connectivity index (χ1n) is 9.81. The molecule has 3 amide bonds. The second-order valence-corrected chi connectivity index (χ2v) is 7.71. The number of allylic oxidation sites excluding steroid dienone is 2. The van der Waals surface area contributed by atoms with Crippen LogP contribution in [0.3, 0.4) is 0 Å². The van der Waals surface area contributed by atoms with Gasteiger partial charge in [-0.3, -0.25) is 19.3 Å². The second kappa shape index (κ2) is 8.19. The summed E-state index contributed by atoms with van der Waals surface area (Å²) in [7, 11) is 0. The zero-order chi connectivity index (χ0) is 21.3. The van der Waals surface area contributed by atoms with Gasteiger partial charge in [0.2, 0.25) is 11.8 Å². The number of ether oxygens (including phenoxy) is 1. The average Bonchev–Trinajstić information content (AvgIpc) is 2.95. The highest BCUT2D eigenvalue weighted by atomic mass is 16.5. The summed E-state index contributed by atoms with van der Waals surface area (Å²) in [6, 6.07) is 4.57. The van der Waals surface area contributed by atoms with E-state index in [0.29, 0.717) is 18.5 Å². The van der Waals surface area contributed by atoms with Crippen LogP contribution in [0.5, 0.6) is 0 Å². The van der Waals surface area contributed by atoms with Crippen LogP contribution in [-0.4, -0.2) is 40.7 Å². The van der Waals surface area contributed by atoms with E-state index in [-0.39, 0.29) is 11.8 Å². The Morgan fingerprint density at radius 3 is 2.07 bits per heavy atom. The molecule has 2 aliphatic rings. The highest BCUT2D eigenvalue weighted by Gasteiger charge is 2.50. The maximum Gasteiger partial charge on any atom is 0.329 e. The van der Waals surface area contributed by atoms with Crippen LogP contribution in [0.4, 0.5) is 5.69 Å². The van der Waals surface area contributed by atoms with Crippen molar-refractivity contribution in [2.45, 2.75) is 52.7 Å². The molecule has 0 saturated carbocycles. The van der Waals surface area contributed by atoms with Crippen molar-refractivity contribution in [3.63, 3.8) is 0 Å². The van der Waals surface area contributed by atoms with Gasteiger partial charge < -0.3 is 10.1 Å². The van der Waals surface area contributed by atoms with Crippen LogP contribution in [0, 0.1) is 25.7 Å². The summed E-state index contributed by atoms with van der Waals surface area (Å²) in [6.45, 7) is 6.67. The molecule has 3 rings (SSSR count). The van der Waals surface area contributed by atoms with E-state index in [0.717, 1.165) is 16.0 Å². The van der Waals surface area contributed by atoms with Gasteiger partial charge in [0.1, 0.15) is 6.04 Å². The number of carbonyl (C=O) groups excluding carboxylic acids is 4. The number of rotatable bonds is 5. The Labute approximate surface area is 170 Å². The fraction of sp³-hybridized carbons (Fsp3) is 0.455. The zero-order valence-electron chi connectivity index (χ0n) is 17.1. The van der Waals surface area contributed by atoms with Gasteiger partial charge >= 0.3 is 5.97 Å². The first-order chi connectivity index (χ1) is 13.7. The van der Waals surface area contributed by atoms with E-state index in [1.54, 1.807) is 0 Å². The lowest BCUT2D eigenvalue weighted by Crippen LogP contribution is -2.46. The van der Waals surface area contributed by atoms with Crippen LogP contribution < -0.4 is 5.32 Å². The molecule has 1 N–H and O–H groups in total. The number of para-hydroxylation sites is 1. The van der Waals surface area contributed by atoms with Crippen LogP contribution in [0.25, 0.3) is 0 Å². The lowest BCUT2D eigenvalue weighted by Gasteiger charge is -2.23. The molecule has 154 valence electrons. The van der Waals surface area contributed by atoms with Gasteiger partial charge in [0, 0.05) is 5.69 Å². The number of likely N-dealkylation sites (tertiary alicyclic amines) is 1. The van der Waals surface area contributed by atoms with Crippen LogP contribution in [0.15, 0.2) is 30.4 Å². The molecular weight excluding hydrogens is 372 g/mol. The van der Waals surface area contributed by atoms with Crippen LogP contribution >= 0.6 is 0 Å². The van der Waals surface area contributed by atoms with Crippen molar-refractivity contribution in [3.05, 3.63) is 41.5 Å². The number of hydrogen-bond donors (Lipinski definition) is 1. The first kappa shape index (κ1) is 20.8. The molecule has 4 atom stereocenters. The van der Waals surface area contributed by atoms with Crippen molar-refractivity contribution < 1.29 is 23.9 Å². The van der Waals surface area contributed by atoms with Crippen molar-refractivity contribution >= 4 is 29.4 Å². The molecule has 0 spiro atoms. The fourth-order valence-corrected chi connectivity index (χ4v) is 3.88. The van der Waals surface area contributed by atoms with E-state index < -0.39 is 35.9 Å². The lowest BCUT2D eigenvalue weighted by molar-refractivity contribution is -0.163. The molecule has 7 nitrogen and oxygen atoms in total. The monoisotopic (exact) mass is 398 g/mol. The third-order valence-electron chi connectivity index (χ3n) is 5.66. The van der Waals surface area contributed by atoms with Gasteiger partial charge in [-0.1, -0.05) is 30.4 Å². The van der Waals surface area contributed by atoms with Gasteiger partial charge in [-0.25, -0.2) is 4.79 Å². The van der Waals surface area contributed by atoms with Crippen molar-refractivity contribution in [3.8, 4) is 0 Å². The Morgan fingerprint density at radius 1 is 1.03 bits per heavy atom. The normalized spacial score (nSPS) is 22.8. The second-order valence-electron chi connectivity index (χ2n) is 7.71. The molecule has 0 aromatic heterocycles. The van der Waals surface area contributed by atoms with Crippen LogP contribution in [0.2, 0.25) is 0 Å². The summed E-state index contributed by atoms with van der Waals surface area (Å²) in [6.07, 6.45) is 3.71. The third-order valence-corrected chi connectivity index (χ3v) is 5.66. The largest absolute Gasteiger partial charge is 0.451 e. The van der Waals surface area contributed by atoms with Crippen LogP contribution in [0.1, 0.15) is 37.8 Å². The molecule has 29 heavy (non-hydrogen) atoms. The number of aryl methyl sites for hydroxylation is 2. The molecular formula is C22H26N2O5. The quantitative estimate of drug-likeness (QED) is 0.467. The Hall–Kier alpha value is -2.96. The Morgan fingerprint density at radius 2 is 1.55 bits per heavy atom. The van der Waals surface area contributed by atoms with Crippen molar-refractivity contribution in [2.75, 3.05) is 5.32 Å². The van der Waals surface area contributed by atoms with Crippen molar-refractivity contribution in [1.29, 1.82) is 0 Å². The number of anilines is 1. The minimum absolute atomic E-state index is 0.346. The highest BCUT2D eigenvalue weighted by Crippen LogP contribution is 2.36. The number of fused-ring (bicyclic) bond motifs is 1. The standard InChI is InChI=1S/C22H26N2O5/c1-12-8-7-9-13(2)18(12)23-19(25)15(4)29-22(28)14(3)24-20(26)16-10-5-6-11-17(16)21(24)27/h5-9,14-17H,10-11H2,1-4H3,(H,23,25)/t14-,15+,16-,17+/m0/s1. The number of benzene rings is 1. The van der Waals surface area contributed by atoms with Gasteiger partial charge in [-0.2, -0.15) is 0 Å². The number of nitrogens with zero attached hydrogens (tertiary/aromatic N) is 1. The number of nitrogens with one attached hydrogen (secondary N) is 1. The molecule has 1 aliphatic heterocycles. The smallest absolute Gasteiger partial charge is 0.329 e. The summed E-state index contributed by atoms with van der Waals surface area (Å²) >= 11 is 0. The predicted molar refractivity (Wildman–Crippen MR) is 107 cm³/mol. The van der Waals surface area contributed by atoms with E-state index in [1.165, 1.54) is 13.8 Å². The SMILES string of the molecule is Cc1cccc(C)c1NC(=O)[C@@H](C)OC(=O)[C@H](C)N1C(=O)[C@H]2CC=CC[C@H]2C1=O. The Bertz CT molecular complexity index is 845. The summed E-state index contributed by atoms with van der Waals surface area (Å²) in [5, 5.41) is 2.78. The maximum absolute atomic E-state index is 12.6. The minimum atomic E-state index is -1.07. The molecule has 0 radical (unpaired) electrons. The molecule has 0 bridgehead atoms. The summed E-state index contributed by atoms with van der Waals surface area (Å²) in [5.41, 5.74) is 2.47. The number of amides is 3. The molecule has 1 aromatic rings. The lowest BCUT2D eigenvalue weighted by atomic mass is 9.85. The maximum atomic E-state index is 12.6. The fourth-order valence-electron chi connectivity index (χ4n) is 3.88. The summed E-state index contributed by atoms with van der Waals surface area (Å²) in [5.74, 6) is -2.76. The molecule has 7 heteroatoms. The van der Waals surface area contributed by atoms with E-state index >= 15 is 0 Å².